The lowest BCUT2D eigenvalue weighted by molar-refractivity contribution is 0.693. The molecule has 0 spiro atoms. The Kier molecular flexibility index (Phi) is 4.15. The van der Waals surface area contributed by atoms with Crippen LogP contribution in [0.15, 0.2) is 35.3 Å². The number of aliphatic imine (C=N–C) groups is 1. The number of nitrogens with one attached hydrogen (secondary N) is 4. The maximum Gasteiger partial charge on any atom is 0.210 e. The second-order valence-electron chi connectivity index (χ2n) is 3.58. The van der Waals surface area contributed by atoms with Crippen molar-refractivity contribution in [3.05, 3.63) is 30.3 Å². The van der Waals surface area contributed by atoms with Crippen molar-refractivity contribution >= 4 is 29.0 Å². The Balaban J connectivity index is 1.76. The van der Waals surface area contributed by atoms with Gasteiger partial charge in [0.25, 0.3) is 0 Å². The van der Waals surface area contributed by atoms with Gasteiger partial charge in [-0.05, 0) is 30.8 Å². The number of guanidine groups is 1. The quantitative estimate of drug-likeness (QED) is 0.439. The van der Waals surface area contributed by atoms with Gasteiger partial charge >= 0.3 is 0 Å². The van der Waals surface area contributed by atoms with Crippen LogP contribution >= 0.6 is 12.2 Å². The molecule has 0 radical (unpaired) electrons. The van der Waals surface area contributed by atoms with Crippen molar-refractivity contribution in [2.24, 2.45) is 4.99 Å². The Morgan fingerprint density at radius 1 is 1.29 bits per heavy atom. The zero-order valence-corrected chi connectivity index (χ0v) is 10.2. The minimum atomic E-state index is 0.506. The topological polar surface area (TPSA) is 60.5 Å². The average Bonchev–Trinajstić information content (AvgIpc) is 2.39. The van der Waals surface area contributed by atoms with Crippen molar-refractivity contribution in [2.75, 3.05) is 18.4 Å². The highest BCUT2D eigenvalue weighted by atomic mass is 32.1. The van der Waals surface area contributed by atoms with Crippen molar-refractivity contribution in [2.45, 2.75) is 6.42 Å². The largest absolute Gasteiger partial charge is 0.355 e. The van der Waals surface area contributed by atoms with Crippen LogP contribution in [0, 0.1) is 0 Å². The van der Waals surface area contributed by atoms with Crippen LogP contribution < -0.4 is 21.5 Å². The van der Waals surface area contributed by atoms with Gasteiger partial charge in [0.15, 0.2) is 5.11 Å². The lowest BCUT2D eigenvalue weighted by Gasteiger charge is -2.17. The fraction of sp³-hybridized carbons (Fsp3) is 0.273. The Bertz CT molecular complexity index is 404. The molecule has 0 saturated heterocycles. The fourth-order valence-electron chi connectivity index (χ4n) is 1.42. The number of rotatable bonds is 1. The second-order valence-corrected chi connectivity index (χ2v) is 3.99. The fourth-order valence-corrected chi connectivity index (χ4v) is 1.59. The smallest absolute Gasteiger partial charge is 0.210 e. The highest BCUT2D eigenvalue weighted by Crippen LogP contribution is 2.03. The summed E-state index contributed by atoms with van der Waals surface area (Å²) >= 11 is 5.14. The predicted molar refractivity (Wildman–Crippen MR) is 73.9 cm³/mol. The molecule has 0 atom stereocenters. The van der Waals surface area contributed by atoms with Crippen LogP contribution in [0.5, 0.6) is 0 Å². The van der Waals surface area contributed by atoms with Gasteiger partial charge < -0.3 is 10.6 Å². The van der Waals surface area contributed by atoms with E-state index in [1.54, 1.807) is 0 Å². The molecule has 0 bridgehead atoms. The molecule has 5 nitrogen and oxygen atoms in total. The molecule has 1 aromatic carbocycles. The predicted octanol–water partition coefficient (Wildman–Crippen LogP) is 0.827. The SMILES string of the molecule is S=C(NNC1=NCCCN1)Nc1ccccc1. The second kappa shape index (κ2) is 6.05. The van der Waals surface area contributed by atoms with Crippen LogP contribution in [0.25, 0.3) is 0 Å². The summed E-state index contributed by atoms with van der Waals surface area (Å²) < 4.78 is 0. The molecule has 4 N–H and O–H groups in total. The third-order valence-electron chi connectivity index (χ3n) is 2.22. The van der Waals surface area contributed by atoms with E-state index in [0.717, 1.165) is 31.2 Å². The summed E-state index contributed by atoms with van der Waals surface area (Å²) in [6.45, 7) is 1.78. The van der Waals surface area contributed by atoms with Crippen LogP contribution in [0.2, 0.25) is 0 Å². The van der Waals surface area contributed by atoms with Gasteiger partial charge in [0, 0.05) is 18.8 Å². The Hall–Kier alpha value is -1.82. The van der Waals surface area contributed by atoms with Gasteiger partial charge in [-0.25, -0.2) is 0 Å². The minimum Gasteiger partial charge on any atom is -0.355 e. The van der Waals surface area contributed by atoms with E-state index in [1.165, 1.54) is 0 Å². The van der Waals surface area contributed by atoms with E-state index in [-0.39, 0.29) is 0 Å². The molecule has 17 heavy (non-hydrogen) atoms. The van der Waals surface area contributed by atoms with E-state index in [2.05, 4.69) is 26.5 Å². The van der Waals surface area contributed by atoms with Gasteiger partial charge in [-0.1, -0.05) is 18.2 Å². The highest BCUT2D eigenvalue weighted by Gasteiger charge is 2.03. The molecule has 0 unspecified atom stereocenters. The van der Waals surface area contributed by atoms with Crippen molar-refractivity contribution in [1.29, 1.82) is 0 Å². The zero-order valence-electron chi connectivity index (χ0n) is 9.36. The number of thiocarbonyl (C=S) groups is 1. The first-order chi connectivity index (χ1) is 8.34. The molecule has 0 saturated carbocycles. The molecule has 0 aliphatic carbocycles. The lowest BCUT2D eigenvalue weighted by atomic mass is 10.3. The van der Waals surface area contributed by atoms with Gasteiger partial charge in [-0.15, -0.1) is 0 Å². The molecule has 0 amide bonds. The Morgan fingerprint density at radius 2 is 2.12 bits per heavy atom. The summed E-state index contributed by atoms with van der Waals surface area (Å²) in [6.07, 6.45) is 1.07. The van der Waals surface area contributed by atoms with E-state index < -0.39 is 0 Å². The molecule has 1 aliphatic heterocycles. The molecule has 1 heterocycles. The van der Waals surface area contributed by atoms with Crippen molar-refractivity contribution in [3.8, 4) is 0 Å². The molecule has 2 rings (SSSR count). The molecule has 1 aliphatic rings. The van der Waals surface area contributed by atoms with Crippen molar-refractivity contribution in [3.63, 3.8) is 0 Å². The maximum absolute atomic E-state index is 5.14. The third-order valence-corrected chi connectivity index (χ3v) is 2.43. The van der Waals surface area contributed by atoms with Crippen LogP contribution in [0.3, 0.4) is 0 Å². The van der Waals surface area contributed by atoms with Crippen LogP contribution in [-0.2, 0) is 0 Å². The van der Waals surface area contributed by atoms with E-state index in [0.29, 0.717) is 5.11 Å². The van der Waals surface area contributed by atoms with E-state index >= 15 is 0 Å². The maximum atomic E-state index is 5.14. The molecule has 6 heteroatoms. The van der Waals surface area contributed by atoms with Gasteiger partial charge in [0.2, 0.25) is 5.96 Å². The molecule has 1 aromatic rings. The first-order valence-electron chi connectivity index (χ1n) is 5.51. The number of benzene rings is 1. The third kappa shape index (κ3) is 3.92. The minimum absolute atomic E-state index is 0.506. The lowest BCUT2D eigenvalue weighted by Crippen LogP contribution is -2.50. The van der Waals surface area contributed by atoms with Gasteiger partial charge in [0.05, 0.1) is 0 Å². The van der Waals surface area contributed by atoms with Gasteiger partial charge in [-0.2, -0.15) is 0 Å². The molecular formula is C11H15N5S. The number of hydrogen-bond donors (Lipinski definition) is 4. The Labute approximate surface area is 106 Å². The monoisotopic (exact) mass is 249 g/mol. The van der Waals surface area contributed by atoms with E-state index in [1.807, 2.05) is 30.3 Å². The number of hydrazine groups is 1. The van der Waals surface area contributed by atoms with E-state index in [9.17, 15) is 0 Å². The van der Waals surface area contributed by atoms with Crippen molar-refractivity contribution < 1.29 is 0 Å². The molecule has 0 aromatic heterocycles. The summed E-state index contributed by atoms with van der Waals surface area (Å²) in [5, 5.41) is 6.69. The molecule has 0 fully saturated rings. The number of para-hydroxylation sites is 1. The molecular weight excluding hydrogens is 234 g/mol. The van der Waals surface area contributed by atoms with Crippen LogP contribution in [0.4, 0.5) is 5.69 Å². The average molecular weight is 249 g/mol. The first kappa shape index (κ1) is 11.7. The molecule has 90 valence electrons. The number of nitrogens with zero attached hydrogens (tertiary/aromatic N) is 1. The summed E-state index contributed by atoms with van der Waals surface area (Å²) in [7, 11) is 0. The summed E-state index contributed by atoms with van der Waals surface area (Å²) in [6, 6.07) is 9.76. The summed E-state index contributed by atoms with van der Waals surface area (Å²) in [5.74, 6) is 0.730. The number of anilines is 1. The highest BCUT2D eigenvalue weighted by molar-refractivity contribution is 7.80. The normalized spacial score (nSPS) is 14.2. The van der Waals surface area contributed by atoms with Crippen LogP contribution in [-0.4, -0.2) is 24.2 Å². The summed E-state index contributed by atoms with van der Waals surface area (Å²) in [5.41, 5.74) is 6.75. The van der Waals surface area contributed by atoms with Gasteiger partial charge in [-0.3, -0.25) is 15.8 Å². The Morgan fingerprint density at radius 3 is 2.82 bits per heavy atom. The first-order valence-corrected chi connectivity index (χ1v) is 5.92. The summed E-state index contributed by atoms with van der Waals surface area (Å²) in [4.78, 5) is 4.25. The number of hydrogen-bond acceptors (Lipinski definition) is 4. The van der Waals surface area contributed by atoms with Gasteiger partial charge in [0.1, 0.15) is 0 Å². The standard InChI is InChI=1S/C11H15N5S/c17-11(14-9-5-2-1-3-6-9)16-15-10-12-7-4-8-13-10/h1-3,5-6H,4,7-8H2,(H2,12,13,15)(H2,14,16,17). The van der Waals surface area contributed by atoms with E-state index in [4.69, 9.17) is 12.2 Å². The zero-order chi connectivity index (χ0) is 11.9. The van der Waals surface area contributed by atoms with Crippen molar-refractivity contribution in [1.82, 2.24) is 16.2 Å². The van der Waals surface area contributed by atoms with Crippen LogP contribution in [0.1, 0.15) is 6.42 Å².